The maximum absolute atomic E-state index is 14.3. The van der Waals surface area contributed by atoms with E-state index in [1.54, 1.807) is 25.7 Å². The lowest BCUT2D eigenvalue weighted by Crippen LogP contribution is -2.61. The third kappa shape index (κ3) is 8.82. The van der Waals surface area contributed by atoms with Gasteiger partial charge in [-0.3, -0.25) is 9.59 Å². The molecule has 0 saturated heterocycles. The normalized spacial score (nSPS) is 14.2. The lowest BCUT2D eigenvalue weighted by Gasteiger charge is -2.45. The molecule has 2 unspecified atom stereocenters. The van der Waals surface area contributed by atoms with Crippen LogP contribution in [0.1, 0.15) is 105 Å². The topological polar surface area (TPSA) is 87.7 Å². The Kier molecular flexibility index (Phi) is 10.2. The zero-order chi connectivity index (χ0) is 28.2. The first-order valence-corrected chi connectivity index (χ1v) is 12.9. The van der Waals surface area contributed by atoms with Crippen LogP contribution in [0.2, 0.25) is 0 Å². The van der Waals surface area contributed by atoms with E-state index >= 15 is 0 Å². The average molecular weight is 504 g/mol. The largest absolute Gasteiger partial charge is 0.444 e. The molecular weight excluding hydrogens is 454 g/mol. The Morgan fingerprint density at radius 3 is 1.92 bits per heavy atom. The number of hydrogen-bond acceptors (Lipinski definition) is 4. The molecule has 3 amide bonds. The monoisotopic (exact) mass is 503 g/mol. The van der Waals surface area contributed by atoms with Gasteiger partial charge in [0.25, 0.3) is 0 Å². The number of carbonyl (C=O) groups is 3. The quantitative estimate of drug-likeness (QED) is 0.467. The molecule has 7 nitrogen and oxygen atoms in total. The van der Waals surface area contributed by atoms with E-state index in [1.165, 1.54) is 0 Å². The van der Waals surface area contributed by atoms with Gasteiger partial charge in [0.2, 0.25) is 11.8 Å². The van der Waals surface area contributed by atoms with E-state index in [-0.39, 0.29) is 17.7 Å². The smallest absolute Gasteiger partial charge is 0.408 e. The summed E-state index contributed by atoms with van der Waals surface area (Å²) in [6.45, 7) is 24.7. The highest BCUT2D eigenvalue weighted by Gasteiger charge is 2.44. The van der Waals surface area contributed by atoms with Crippen LogP contribution in [0.5, 0.6) is 0 Å². The van der Waals surface area contributed by atoms with Crippen molar-refractivity contribution < 1.29 is 19.1 Å². The predicted octanol–water partition coefficient (Wildman–Crippen LogP) is 5.83. The Morgan fingerprint density at radius 2 is 1.50 bits per heavy atom. The molecule has 2 N–H and O–H groups in total. The molecular formula is C29H49N3O4. The van der Waals surface area contributed by atoms with Gasteiger partial charge in [0.05, 0.1) is 0 Å². The van der Waals surface area contributed by atoms with Crippen molar-refractivity contribution in [1.82, 2.24) is 15.5 Å². The van der Waals surface area contributed by atoms with Gasteiger partial charge in [-0.2, -0.15) is 0 Å². The number of nitrogens with one attached hydrogen (secondary N) is 2. The van der Waals surface area contributed by atoms with Crippen molar-refractivity contribution in [2.24, 2.45) is 5.92 Å². The molecule has 7 heteroatoms. The van der Waals surface area contributed by atoms with Gasteiger partial charge < -0.3 is 20.3 Å². The molecule has 204 valence electrons. The van der Waals surface area contributed by atoms with Crippen LogP contribution in [0.3, 0.4) is 0 Å². The van der Waals surface area contributed by atoms with Crippen LogP contribution in [0.4, 0.5) is 4.79 Å². The zero-order valence-corrected chi connectivity index (χ0v) is 24.8. The number of ether oxygens (including phenoxy) is 1. The van der Waals surface area contributed by atoms with Gasteiger partial charge in [-0.15, -0.1) is 0 Å². The van der Waals surface area contributed by atoms with Gasteiger partial charge in [-0.25, -0.2) is 4.79 Å². The molecule has 1 aromatic carbocycles. The summed E-state index contributed by atoms with van der Waals surface area (Å²) in [5, 5.41) is 5.86. The Labute approximate surface area is 218 Å². The van der Waals surface area contributed by atoms with E-state index in [9.17, 15) is 14.4 Å². The molecule has 0 spiro atoms. The SMILES string of the molecule is CCC(C)(C)N(C(=O)C(NC(=O)OC(C)(C)C)C(C)C)C(C(=O)NC(C)(C)C)c1ccc(C)c(C)c1. The van der Waals surface area contributed by atoms with Gasteiger partial charge in [-0.05, 0) is 98.3 Å². The number of hydrogen-bond donors (Lipinski definition) is 2. The second kappa shape index (κ2) is 11.7. The second-order valence-electron chi connectivity index (χ2n) is 12.7. The summed E-state index contributed by atoms with van der Waals surface area (Å²) in [4.78, 5) is 42.5. The maximum atomic E-state index is 14.3. The van der Waals surface area contributed by atoms with Crippen molar-refractivity contribution in [3.05, 3.63) is 34.9 Å². The van der Waals surface area contributed by atoms with Gasteiger partial charge >= 0.3 is 6.09 Å². The van der Waals surface area contributed by atoms with Crippen LogP contribution in [0.25, 0.3) is 0 Å². The van der Waals surface area contributed by atoms with Crippen molar-refractivity contribution in [2.75, 3.05) is 0 Å². The molecule has 0 heterocycles. The van der Waals surface area contributed by atoms with E-state index < -0.39 is 34.9 Å². The maximum Gasteiger partial charge on any atom is 0.408 e. The van der Waals surface area contributed by atoms with E-state index in [4.69, 9.17) is 4.74 Å². The summed E-state index contributed by atoms with van der Waals surface area (Å²) in [5.74, 6) is -0.818. The fraction of sp³-hybridized carbons (Fsp3) is 0.690. The average Bonchev–Trinajstić information content (AvgIpc) is 2.68. The van der Waals surface area contributed by atoms with Crippen molar-refractivity contribution in [2.45, 2.75) is 125 Å². The molecule has 2 atom stereocenters. The molecule has 0 radical (unpaired) electrons. The van der Waals surface area contributed by atoms with E-state index in [0.29, 0.717) is 6.42 Å². The van der Waals surface area contributed by atoms with Gasteiger partial charge in [0.1, 0.15) is 17.7 Å². The van der Waals surface area contributed by atoms with Crippen LogP contribution in [-0.4, -0.2) is 45.5 Å². The third-order valence-electron chi connectivity index (χ3n) is 6.21. The Hall–Kier alpha value is -2.57. The third-order valence-corrected chi connectivity index (χ3v) is 6.21. The Bertz CT molecular complexity index is 939. The van der Waals surface area contributed by atoms with Crippen molar-refractivity contribution >= 4 is 17.9 Å². The lowest BCUT2D eigenvalue weighted by molar-refractivity contribution is -0.150. The van der Waals surface area contributed by atoms with Crippen molar-refractivity contribution in [3.63, 3.8) is 0 Å². The molecule has 0 aliphatic rings. The molecule has 1 rings (SSSR count). The molecule has 0 fully saturated rings. The first-order chi connectivity index (χ1) is 16.2. The van der Waals surface area contributed by atoms with Crippen LogP contribution >= 0.6 is 0 Å². The van der Waals surface area contributed by atoms with E-state index in [0.717, 1.165) is 16.7 Å². The number of carbonyl (C=O) groups excluding carboxylic acids is 3. The van der Waals surface area contributed by atoms with E-state index in [1.807, 2.05) is 87.4 Å². The first kappa shape index (κ1) is 31.5. The number of amides is 3. The molecule has 1 aromatic rings. The highest BCUT2D eigenvalue weighted by Crippen LogP contribution is 2.34. The highest BCUT2D eigenvalue weighted by molar-refractivity contribution is 5.93. The Morgan fingerprint density at radius 1 is 0.944 bits per heavy atom. The molecule has 0 saturated carbocycles. The molecule has 0 bridgehead atoms. The summed E-state index contributed by atoms with van der Waals surface area (Å²) in [7, 11) is 0. The Balaban J connectivity index is 3.71. The van der Waals surface area contributed by atoms with Crippen LogP contribution < -0.4 is 10.6 Å². The van der Waals surface area contributed by atoms with Gasteiger partial charge in [0.15, 0.2) is 0 Å². The minimum atomic E-state index is -0.882. The summed E-state index contributed by atoms with van der Waals surface area (Å²) < 4.78 is 5.45. The van der Waals surface area contributed by atoms with Gasteiger partial charge in [0, 0.05) is 11.1 Å². The first-order valence-electron chi connectivity index (χ1n) is 12.9. The highest BCUT2D eigenvalue weighted by atomic mass is 16.6. The molecule has 36 heavy (non-hydrogen) atoms. The second-order valence-corrected chi connectivity index (χ2v) is 12.7. The minimum absolute atomic E-state index is 0.230. The number of aryl methyl sites for hydroxylation is 2. The molecule has 0 aliphatic heterocycles. The van der Waals surface area contributed by atoms with Gasteiger partial charge in [-0.1, -0.05) is 39.0 Å². The zero-order valence-electron chi connectivity index (χ0n) is 24.8. The summed E-state index contributed by atoms with van der Waals surface area (Å²) in [5.41, 5.74) is 0.994. The fourth-order valence-electron chi connectivity index (χ4n) is 3.83. The number of nitrogens with zero attached hydrogens (tertiary/aromatic N) is 1. The van der Waals surface area contributed by atoms with Crippen LogP contribution in [0.15, 0.2) is 18.2 Å². The fourth-order valence-corrected chi connectivity index (χ4v) is 3.83. The summed E-state index contributed by atoms with van der Waals surface area (Å²) >= 11 is 0. The van der Waals surface area contributed by atoms with Crippen LogP contribution in [0, 0.1) is 19.8 Å². The lowest BCUT2D eigenvalue weighted by atomic mass is 9.89. The predicted molar refractivity (Wildman–Crippen MR) is 146 cm³/mol. The van der Waals surface area contributed by atoms with E-state index in [2.05, 4.69) is 10.6 Å². The summed E-state index contributed by atoms with van der Waals surface area (Å²) in [6.07, 6.45) is -0.0502. The van der Waals surface area contributed by atoms with Crippen molar-refractivity contribution in [1.29, 1.82) is 0 Å². The number of rotatable bonds is 8. The van der Waals surface area contributed by atoms with Crippen molar-refractivity contribution in [3.8, 4) is 0 Å². The standard InChI is InChI=1S/C29H49N3O4/c1-14-29(12,13)32(25(34)22(18(2)3)30-26(35)36-28(9,10)11)23(24(33)31-27(6,7)8)21-16-15-19(4)20(5)17-21/h15-18,22-23H,14H2,1-13H3,(H,30,35)(H,31,33). The molecule has 0 aliphatic carbocycles. The molecule has 0 aromatic heterocycles. The number of benzene rings is 1. The van der Waals surface area contributed by atoms with Crippen LogP contribution in [-0.2, 0) is 14.3 Å². The number of alkyl carbamates (subject to hydrolysis) is 1. The minimum Gasteiger partial charge on any atom is -0.444 e. The summed E-state index contributed by atoms with van der Waals surface area (Å²) in [6, 6.07) is 4.10.